The summed E-state index contributed by atoms with van der Waals surface area (Å²) < 4.78 is 12.4. The van der Waals surface area contributed by atoms with Crippen molar-refractivity contribution in [3.05, 3.63) is 89.8 Å². The standard InChI is InChI=1S/C27H21Cl2IN2O5S/c1-3-32-25(33)23(38-27(32)31-19-6-4-5-16(12-19)26(34)35)11-15-9-21(30)24(22(10-15)36-2)37-14-17-7-8-18(28)13-20(17)29/h4-13H,3,14H2,1-2H3,(H,34,35)/b23-11+,31-27?. The molecular weight excluding hydrogens is 662 g/mol. The number of halogens is 3. The van der Waals surface area contributed by atoms with E-state index in [1.807, 2.05) is 19.1 Å². The number of benzene rings is 3. The summed E-state index contributed by atoms with van der Waals surface area (Å²) in [6, 6.07) is 15.2. The molecule has 7 nitrogen and oxygen atoms in total. The van der Waals surface area contributed by atoms with Gasteiger partial charge in [-0.25, -0.2) is 9.79 Å². The molecule has 0 atom stereocenters. The topological polar surface area (TPSA) is 88.4 Å². The van der Waals surface area contributed by atoms with Crippen LogP contribution in [0.15, 0.2) is 64.5 Å². The van der Waals surface area contributed by atoms with Crippen LogP contribution in [0.3, 0.4) is 0 Å². The number of carbonyl (C=O) groups excluding carboxylic acids is 1. The Bertz CT molecular complexity index is 1480. The molecule has 1 N–H and O–H groups in total. The van der Waals surface area contributed by atoms with E-state index in [1.165, 1.54) is 23.9 Å². The first-order valence-electron chi connectivity index (χ1n) is 11.3. The summed E-state index contributed by atoms with van der Waals surface area (Å²) in [5.74, 6) is -0.155. The molecule has 1 aliphatic heterocycles. The number of methoxy groups -OCH3 is 1. The van der Waals surface area contributed by atoms with Crippen molar-refractivity contribution in [2.24, 2.45) is 4.99 Å². The third-order valence-electron chi connectivity index (χ3n) is 5.46. The monoisotopic (exact) mass is 682 g/mol. The molecule has 1 amide bonds. The van der Waals surface area contributed by atoms with Crippen LogP contribution in [0, 0.1) is 3.57 Å². The van der Waals surface area contributed by atoms with Crippen molar-refractivity contribution in [2.75, 3.05) is 13.7 Å². The van der Waals surface area contributed by atoms with Crippen LogP contribution < -0.4 is 9.47 Å². The zero-order valence-electron chi connectivity index (χ0n) is 20.2. The van der Waals surface area contributed by atoms with Crippen LogP contribution in [-0.2, 0) is 11.4 Å². The fourth-order valence-corrected chi connectivity index (χ4v) is 5.90. The van der Waals surface area contributed by atoms with Crippen molar-refractivity contribution in [2.45, 2.75) is 13.5 Å². The predicted octanol–water partition coefficient (Wildman–Crippen LogP) is 7.51. The Morgan fingerprint density at radius 2 is 1.97 bits per heavy atom. The van der Waals surface area contributed by atoms with Gasteiger partial charge in [-0.15, -0.1) is 0 Å². The second kappa shape index (κ2) is 12.4. The summed E-state index contributed by atoms with van der Waals surface area (Å²) in [6.45, 7) is 2.50. The lowest BCUT2D eigenvalue weighted by atomic mass is 10.1. The van der Waals surface area contributed by atoms with Crippen LogP contribution in [0.1, 0.15) is 28.4 Å². The summed E-state index contributed by atoms with van der Waals surface area (Å²) in [5, 5.41) is 10.8. The van der Waals surface area contributed by atoms with Gasteiger partial charge in [-0.05, 0) is 95.4 Å². The number of nitrogens with zero attached hydrogens (tertiary/aromatic N) is 2. The molecule has 38 heavy (non-hydrogen) atoms. The Hall–Kier alpha value is -2.73. The number of amidine groups is 1. The van der Waals surface area contributed by atoms with Gasteiger partial charge < -0.3 is 14.6 Å². The van der Waals surface area contributed by atoms with Crippen molar-refractivity contribution in [3.8, 4) is 11.5 Å². The first kappa shape index (κ1) is 28.3. The lowest BCUT2D eigenvalue weighted by Gasteiger charge is -2.14. The Morgan fingerprint density at radius 1 is 1.18 bits per heavy atom. The van der Waals surface area contributed by atoms with Gasteiger partial charge in [0.15, 0.2) is 16.7 Å². The molecule has 0 bridgehead atoms. The average molecular weight is 683 g/mol. The van der Waals surface area contributed by atoms with Crippen LogP contribution in [0.2, 0.25) is 10.0 Å². The maximum atomic E-state index is 13.1. The Balaban J connectivity index is 1.60. The van der Waals surface area contributed by atoms with Crippen molar-refractivity contribution in [3.63, 3.8) is 0 Å². The maximum Gasteiger partial charge on any atom is 0.335 e. The number of ether oxygens (including phenoxy) is 2. The van der Waals surface area contributed by atoms with E-state index >= 15 is 0 Å². The van der Waals surface area contributed by atoms with Gasteiger partial charge in [-0.2, -0.15) is 0 Å². The number of amides is 1. The third kappa shape index (κ3) is 6.45. The molecule has 0 unspecified atom stereocenters. The van der Waals surface area contributed by atoms with Crippen LogP contribution in [0.4, 0.5) is 5.69 Å². The number of likely N-dealkylation sites (N-methyl/N-ethyl adjacent to an activating group) is 1. The molecule has 1 fully saturated rings. The van der Waals surface area contributed by atoms with Gasteiger partial charge in [0.2, 0.25) is 0 Å². The second-order valence-corrected chi connectivity index (χ2v) is 11.0. The molecular formula is C27H21Cl2IN2O5S. The van der Waals surface area contributed by atoms with Gasteiger partial charge in [0.05, 0.1) is 26.8 Å². The first-order chi connectivity index (χ1) is 18.2. The van der Waals surface area contributed by atoms with E-state index in [4.69, 9.17) is 32.7 Å². The van der Waals surface area contributed by atoms with Gasteiger partial charge in [0.1, 0.15) is 6.61 Å². The van der Waals surface area contributed by atoms with Crippen molar-refractivity contribution in [1.29, 1.82) is 0 Å². The highest BCUT2D eigenvalue weighted by Gasteiger charge is 2.32. The zero-order chi connectivity index (χ0) is 27.4. The molecule has 1 heterocycles. The SMILES string of the molecule is CCN1C(=O)/C(=C\c2cc(I)c(OCc3ccc(Cl)cc3Cl)c(OC)c2)SC1=Nc1cccc(C(=O)O)c1. The molecule has 1 aliphatic rings. The van der Waals surface area contributed by atoms with Gasteiger partial charge in [0.25, 0.3) is 5.91 Å². The maximum absolute atomic E-state index is 13.1. The quantitative estimate of drug-likeness (QED) is 0.196. The Labute approximate surface area is 247 Å². The second-order valence-electron chi connectivity index (χ2n) is 7.97. The van der Waals surface area contributed by atoms with E-state index < -0.39 is 5.97 Å². The smallest absolute Gasteiger partial charge is 0.335 e. The molecule has 11 heteroatoms. The predicted molar refractivity (Wildman–Crippen MR) is 160 cm³/mol. The van der Waals surface area contributed by atoms with Crippen molar-refractivity contribution < 1.29 is 24.2 Å². The van der Waals surface area contributed by atoms with Crippen LogP contribution >= 0.6 is 57.6 Å². The number of aromatic carboxylic acids is 1. The molecule has 0 saturated carbocycles. The molecule has 3 aromatic carbocycles. The first-order valence-corrected chi connectivity index (χ1v) is 13.9. The number of hydrogen-bond acceptors (Lipinski definition) is 6. The van der Waals surface area contributed by atoms with Gasteiger partial charge in [-0.3, -0.25) is 9.69 Å². The molecule has 0 spiro atoms. The molecule has 4 rings (SSSR count). The van der Waals surface area contributed by atoms with E-state index in [9.17, 15) is 14.7 Å². The van der Waals surface area contributed by atoms with Crippen LogP contribution in [0.25, 0.3) is 6.08 Å². The average Bonchev–Trinajstić information content (AvgIpc) is 3.17. The third-order valence-corrected chi connectivity index (χ3v) is 7.85. The Kier molecular flexibility index (Phi) is 9.24. The summed E-state index contributed by atoms with van der Waals surface area (Å²) in [6.07, 6.45) is 1.77. The van der Waals surface area contributed by atoms with Crippen LogP contribution in [-0.4, -0.2) is 40.7 Å². The fraction of sp³-hybridized carbons (Fsp3) is 0.148. The van der Waals surface area contributed by atoms with Gasteiger partial charge >= 0.3 is 5.97 Å². The fourth-order valence-electron chi connectivity index (χ4n) is 3.59. The normalized spacial score (nSPS) is 15.4. The van der Waals surface area contributed by atoms with Crippen LogP contribution in [0.5, 0.6) is 11.5 Å². The highest BCUT2D eigenvalue weighted by molar-refractivity contribution is 14.1. The van der Waals surface area contributed by atoms with E-state index in [0.29, 0.717) is 43.8 Å². The molecule has 0 aliphatic carbocycles. The molecule has 0 aromatic heterocycles. The van der Waals surface area contributed by atoms with Gasteiger partial charge in [-0.1, -0.05) is 35.3 Å². The van der Waals surface area contributed by atoms with E-state index in [2.05, 4.69) is 27.6 Å². The van der Waals surface area contributed by atoms with Crippen molar-refractivity contribution in [1.82, 2.24) is 4.90 Å². The minimum atomic E-state index is -1.04. The number of hydrogen-bond donors (Lipinski definition) is 1. The van der Waals surface area contributed by atoms with Gasteiger partial charge in [0, 0.05) is 22.2 Å². The lowest BCUT2D eigenvalue weighted by Crippen LogP contribution is -2.28. The van der Waals surface area contributed by atoms with E-state index in [0.717, 1.165) is 14.7 Å². The lowest BCUT2D eigenvalue weighted by molar-refractivity contribution is -0.122. The van der Waals surface area contributed by atoms with Crippen molar-refractivity contribution >= 4 is 86.4 Å². The summed E-state index contributed by atoms with van der Waals surface area (Å²) in [4.78, 5) is 31.0. The highest BCUT2D eigenvalue weighted by atomic mass is 127. The number of rotatable bonds is 8. The number of carbonyl (C=O) groups is 2. The summed E-state index contributed by atoms with van der Waals surface area (Å²) >= 11 is 15.6. The highest BCUT2D eigenvalue weighted by Crippen LogP contribution is 2.38. The largest absolute Gasteiger partial charge is 0.493 e. The molecule has 0 radical (unpaired) electrons. The molecule has 196 valence electrons. The summed E-state index contributed by atoms with van der Waals surface area (Å²) in [7, 11) is 1.55. The number of thioether (sulfide) groups is 1. The molecule has 1 saturated heterocycles. The Morgan fingerprint density at radius 3 is 2.66 bits per heavy atom. The number of carboxylic acids is 1. The van der Waals surface area contributed by atoms with E-state index in [1.54, 1.807) is 48.4 Å². The summed E-state index contributed by atoms with van der Waals surface area (Å²) in [5.41, 5.74) is 2.12. The minimum Gasteiger partial charge on any atom is -0.493 e. The molecule has 3 aromatic rings. The van der Waals surface area contributed by atoms with E-state index in [-0.39, 0.29) is 18.1 Å². The number of carboxylic acid groups (broad SMARTS) is 1. The zero-order valence-corrected chi connectivity index (χ0v) is 24.7. The minimum absolute atomic E-state index is 0.127. The number of aliphatic imine (C=N–C) groups is 1.